The number of anilines is 1. The van der Waals surface area contributed by atoms with E-state index in [1.54, 1.807) is 0 Å². The van der Waals surface area contributed by atoms with Gasteiger partial charge < -0.3 is 10.0 Å². The third-order valence-corrected chi connectivity index (χ3v) is 4.63. The molecule has 1 unspecified atom stereocenters. The molecule has 0 bridgehead atoms. The van der Waals surface area contributed by atoms with E-state index in [0.29, 0.717) is 0 Å². The molecule has 1 fully saturated rings. The quantitative estimate of drug-likeness (QED) is 0.928. The predicted octanol–water partition coefficient (Wildman–Crippen LogP) is 3.53. The summed E-state index contributed by atoms with van der Waals surface area (Å²) in [6, 6.07) is 8.11. The van der Waals surface area contributed by atoms with Gasteiger partial charge in [-0.1, -0.05) is 12.1 Å². The van der Waals surface area contributed by atoms with Gasteiger partial charge in [-0.15, -0.1) is 0 Å². The second-order valence-electron chi connectivity index (χ2n) is 5.34. The summed E-state index contributed by atoms with van der Waals surface area (Å²) < 4.78 is 1.06. The van der Waals surface area contributed by atoms with Gasteiger partial charge in [-0.3, -0.25) is 4.79 Å². The highest BCUT2D eigenvalue weighted by atomic mass is 79.9. The number of rotatable bonds is 3. The Balaban J connectivity index is 2.27. The second-order valence-corrected chi connectivity index (χ2v) is 6.19. The lowest BCUT2D eigenvalue weighted by Crippen LogP contribution is -2.43. The van der Waals surface area contributed by atoms with Gasteiger partial charge in [-0.05, 0) is 54.2 Å². The predicted molar refractivity (Wildman–Crippen MR) is 75.9 cm³/mol. The number of carboxylic acids is 1. The Kier molecular flexibility index (Phi) is 3.66. The van der Waals surface area contributed by atoms with Gasteiger partial charge >= 0.3 is 5.97 Å². The number of carbonyl (C=O) groups is 1. The molecule has 1 heterocycles. The fourth-order valence-electron chi connectivity index (χ4n) is 2.81. The molecule has 1 atom stereocenters. The van der Waals surface area contributed by atoms with Crippen molar-refractivity contribution in [2.24, 2.45) is 5.92 Å². The van der Waals surface area contributed by atoms with Crippen LogP contribution >= 0.6 is 15.9 Å². The molecule has 0 aliphatic carbocycles. The van der Waals surface area contributed by atoms with Crippen molar-refractivity contribution in [1.29, 1.82) is 0 Å². The standard InChI is InChI=1S/C14H18BrNO2/c1-14(2)10(9-13(17)18)7-8-16(14)12-6-4-3-5-11(12)15/h3-6,10H,7-9H2,1-2H3,(H,17,18). The van der Waals surface area contributed by atoms with E-state index in [1.807, 2.05) is 18.2 Å². The van der Waals surface area contributed by atoms with Crippen LogP contribution in [0.15, 0.2) is 28.7 Å². The van der Waals surface area contributed by atoms with Crippen molar-refractivity contribution >= 4 is 27.6 Å². The molecule has 3 nitrogen and oxygen atoms in total. The van der Waals surface area contributed by atoms with Crippen LogP contribution in [0.25, 0.3) is 0 Å². The van der Waals surface area contributed by atoms with E-state index in [1.165, 1.54) is 0 Å². The molecule has 98 valence electrons. The minimum absolute atomic E-state index is 0.123. The Morgan fingerprint density at radius 1 is 1.50 bits per heavy atom. The molecule has 0 radical (unpaired) electrons. The van der Waals surface area contributed by atoms with Crippen molar-refractivity contribution in [2.45, 2.75) is 32.2 Å². The van der Waals surface area contributed by atoms with Crippen LogP contribution in [0.3, 0.4) is 0 Å². The zero-order valence-corrected chi connectivity index (χ0v) is 12.3. The lowest BCUT2D eigenvalue weighted by Gasteiger charge is -2.38. The van der Waals surface area contributed by atoms with Crippen molar-refractivity contribution in [3.05, 3.63) is 28.7 Å². The third kappa shape index (κ3) is 2.39. The first kappa shape index (κ1) is 13.4. The normalized spacial score (nSPS) is 22.2. The van der Waals surface area contributed by atoms with E-state index in [4.69, 9.17) is 5.11 Å². The molecule has 2 rings (SSSR count). The zero-order valence-electron chi connectivity index (χ0n) is 10.7. The number of nitrogens with zero attached hydrogens (tertiary/aromatic N) is 1. The summed E-state index contributed by atoms with van der Waals surface area (Å²) in [5.74, 6) is -0.510. The van der Waals surface area contributed by atoms with Crippen LogP contribution in [0.4, 0.5) is 5.69 Å². The van der Waals surface area contributed by atoms with Crippen molar-refractivity contribution in [3.63, 3.8) is 0 Å². The average molecular weight is 312 g/mol. The van der Waals surface area contributed by atoms with Gasteiger partial charge in [0.25, 0.3) is 0 Å². The summed E-state index contributed by atoms with van der Waals surface area (Å²) in [6.45, 7) is 5.17. The molecule has 0 amide bonds. The lowest BCUT2D eigenvalue weighted by molar-refractivity contribution is -0.138. The Hall–Kier alpha value is -1.03. The van der Waals surface area contributed by atoms with Gasteiger partial charge in [-0.25, -0.2) is 0 Å². The first-order valence-corrected chi connectivity index (χ1v) is 6.96. The maximum atomic E-state index is 10.9. The molecule has 18 heavy (non-hydrogen) atoms. The third-order valence-electron chi connectivity index (χ3n) is 3.96. The average Bonchev–Trinajstić information content (AvgIpc) is 2.55. The number of aliphatic carboxylic acids is 1. The van der Waals surface area contributed by atoms with Crippen LogP contribution < -0.4 is 4.90 Å². The number of benzene rings is 1. The molecule has 0 aromatic heterocycles. The van der Waals surface area contributed by atoms with E-state index in [0.717, 1.165) is 23.1 Å². The van der Waals surface area contributed by atoms with Crippen LogP contribution in [-0.4, -0.2) is 23.2 Å². The lowest BCUT2D eigenvalue weighted by atomic mass is 9.85. The summed E-state index contributed by atoms with van der Waals surface area (Å²) in [5.41, 5.74) is 1.03. The Labute approximate surface area is 116 Å². The molecule has 0 spiro atoms. The number of para-hydroxylation sites is 1. The molecule has 1 aromatic carbocycles. The molecule has 1 N–H and O–H groups in total. The van der Waals surface area contributed by atoms with Gasteiger partial charge in [0.1, 0.15) is 0 Å². The monoisotopic (exact) mass is 311 g/mol. The number of hydrogen-bond acceptors (Lipinski definition) is 2. The van der Waals surface area contributed by atoms with Gasteiger partial charge in [0.05, 0.1) is 12.1 Å². The van der Waals surface area contributed by atoms with Crippen molar-refractivity contribution in [3.8, 4) is 0 Å². The Morgan fingerprint density at radius 3 is 2.78 bits per heavy atom. The largest absolute Gasteiger partial charge is 0.481 e. The number of carboxylic acid groups (broad SMARTS) is 1. The SMILES string of the molecule is CC1(C)C(CC(=O)O)CCN1c1ccccc1Br. The highest BCUT2D eigenvalue weighted by Gasteiger charge is 2.42. The highest BCUT2D eigenvalue weighted by molar-refractivity contribution is 9.10. The smallest absolute Gasteiger partial charge is 0.303 e. The number of halogens is 1. The Bertz CT molecular complexity index is 459. The van der Waals surface area contributed by atoms with Gasteiger partial charge in [0.2, 0.25) is 0 Å². The first-order valence-electron chi connectivity index (χ1n) is 6.17. The van der Waals surface area contributed by atoms with Crippen LogP contribution in [0, 0.1) is 5.92 Å². The second kappa shape index (κ2) is 4.92. The van der Waals surface area contributed by atoms with Crippen LogP contribution in [0.1, 0.15) is 26.7 Å². The molecule has 0 saturated carbocycles. The maximum absolute atomic E-state index is 10.9. The van der Waals surface area contributed by atoms with Gasteiger partial charge in [0.15, 0.2) is 0 Å². The molecular weight excluding hydrogens is 294 g/mol. The van der Waals surface area contributed by atoms with Crippen molar-refractivity contribution in [2.75, 3.05) is 11.4 Å². The fraction of sp³-hybridized carbons (Fsp3) is 0.500. The Morgan fingerprint density at radius 2 is 2.17 bits per heavy atom. The molecule has 1 aromatic rings. The highest BCUT2D eigenvalue weighted by Crippen LogP contribution is 2.42. The minimum atomic E-state index is -0.706. The summed E-state index contributed by atoms with van der Waals surface area (Å²) >= 11 is 3.57. The molecule has 1 saturated heterocycles. The van der Waals surface area contributed by atoms with E-state index < -0.39 is 5.97 Å². The van der Waals surface area contributed by atoms with E-state index in [9.17, 15) is 4.79 Å². The first-order chi connectivity index (χ1) is 8.43. The van der Waals surface area contributed by atoms with Crippen LogP contribution in [0.2, 0.25) is 0 Å². The molecule has 1 aliphatic rings. The zero-order chi connectivity index (χ0) is 13.3. The summed E-state index contributed by atoms with van der Waals surface area (Å²) in [7, 11) is 0. The summed E-state index contributed by atoms with van der Waals surface area (Å²) in [5, 5.41) is 8.99. The topological polar surface area (TPSA) is 40.5 Å². The molecule has 1 aliphatic heterocycles. The van der Waals surface area contributed by atoms with E-state index in [2.05, 4.69) is 40.7 Å². The minimum Gasteiger partial charge on any atom is -0.481 e. The summed E-state index contributed by atoms with van der Waals surface area (Å²) in [6.07, 6.45) is 1.18. The van der Waals surface area contributed by atoms with E-state index in [-0.39, 0.29) is 17.9 Å². The van der Waals surface area contributed by atoms with Crippen LogP contribution in [-0.2, 0) is 4.79 Å². The molecular formula is C14H18BrNO2. The van der Waals surface area contributed by atoms with Crippen molar-refractivity contribution in [1.82, 2.24) is 0 Å². The fourth-order valence-corrected chi connectivity index (χ4v) is 3.31. The number of hydrogen-bond donors (Lipinski definition) is 1. The van der Waals surface area contributed by atoms with Crippen LogP contribution in [0.5, 0.6) is 0 Å². The van der Waals surface area contributed by atoms with Gasteiger partial charge in [-0.2, -0.15) is 0 Å². The maximum Gasteiger partial charge on any atom is 0.303 e. The van der Waals surface area contributed by atoms with Crippen molar-refractivity contribution < 1.29 is 9.90 Å². The molecule has 4 heteroatoms. The summed E-state index contributed by atoms with van der Waals surface area (Å²) in [4.78, 5) is 13.2. The van der Waals surface area contributed by atoms with Gasteiger partial charge in [0, 0.05) is 16.6 Å². The van der Waals surface area contributed by atoms with E-state index >= 15 is 0 Å².